The summed E-state index contributed by atoms with van der Waals surface area (Å²) in [5.41, 5.74) is 4.06. The van der Waals surface area contributed by atoms with Gasteiger partial charge in [-0.05, 0) is 30.7 Å². The van der Waals surface area contributed by atoms with E-state index in [9.17, 15) is 13.6 Å². The number of rotatable bonds is 5. The number of halogens is 2. The van der Waals surface area contributed by atoms with Gasteiger partial charge in [0.15, 0.2) is 11.6 Å². The van der Waals surface area contributed by atoms with E-state index in [0.717, 1.165) is 0 Å². The molecule has 4 N–H and O–H groups in total. The van der Waals surface area contributed by atoms with E-state index in [1.165, 1.54) is 24.4 Å². The Hall–Kier alpha value is -2.98. The maximum atomic E-state index is 14.1. The zero-order valence-electron chi connectivity index (χ0n) is 16.9. The smallest absolute Gasteiger partial charge is 0.244 e. The molecule has 1 amide bonds. The van der Waals surface area contributed by atoms with Gasteiger partial charge in [-0.3, -0.25) is 15.1 Å². The molecule has 2 aliphatic rings. The number of piperidine rings is 1. The largest absolute Gasteiger partial charge is 0.492 e. The Labute approximate surface area is 173 Å². The van der Waals surface area contributed by atoms with Crippen molar-refractivity contribution < 1.29 is 18.3 Å². The number of pyridine rings is 1. The highest BCUT2D eigenvalue weighted by molar-refractivity contribution is 5.82. The molecule has 0 spiro atoms. The number of hydrogen-bond donors (Lipinski definition) is 4. The number of nitrogens with one attached hydrogen (secondary N) is 4. The number of hydrogen-bond acceptors (Lipinski definition) is 7. The topological polar surface area (TPSA) is 90.5 Å². The Bertz CT molecular complexity index is 959. The third-order valence-corrected chi connectivity index (χ3v) is 5.49. The molecular formula is C20H24F2N6O2. The van der Waals surface area contributed by atoms with Crippen LogP contribution in [0.5, 0.6) is 5.75 Å². The van der Waals surface area contributed by atoms with Crippen LogP contribution in [0.25, 0.3) is 0 Å². The maximum absolute atomic E-state index is 14.1. The van der Waals surface area contributed by atoms with Crippen LogP contribution in [-0.4, -0.2) is 48.4 Å². The van der Waals surface area contributed by atoms with Gasteiger partial charge in [0.1, 0.15) is 11.6 Å². The fourth-order valence-electron chi connectivity index (χ4n) is 4.03. The highest BCUT2D eigenvalue weighted by atomic mass is 19.1. The van der Waals surface area contributed by atoms with Crippen molar-refractivity contribution in [3.63, 3.8) is 0 Å². The predicted octanol–water partition coefficient (Wildman–Crippen LogP) is 1.81. The molecule has 4 rings (SSSR count). The standard InChI is InChI=1S/C20H24F2N6O2/c1-10-7-15(23-9-12(10)22)25-16-8-14(17-19(26-16)27-28(2)20(17)29)24-13-6-4-5-11(21)18(13)30-3/h4-7,9,14,16-17,19,24,26-27H,8H2,1-3H3,(H,23,25). The van der Waals surface area contributed by atoms with Crippen LogP contribution in [0.2, 0.25) is 0 Å². The summed E-state index contributed by atoms with van der Waals surface area (Å²) >= 11 is 0. The average Bonchev–Trinajstić information content (AvgIpc) is 2.99. The lowest BCUT2D eigenvalue weighted by Crippen LogP contribution is -2.60. The average molecular weight is 418 g/mol. The van der Waals surface area contributed by atoms with Crippen molar-refractivity contribution >= 4 is 17.4 Å². The van der Waals surface area contributed by atoms with Crippen LogP contribution in [-0.2, 0) is 4.79 Å². The number of hydrazine groups is 1. The van der Waals surface area contributed by atoms with Crippen LogP contribution < -0.4 is 26.1 Å². The predicted molar refractivity (Wildman–Crippen MR) is 108 cm³/mol. The second-order valence-corrected chi connectivity index (χ2v) is 7.52. The zero-order valence-corrected chi connectivity index (χ0v) is 16.9. The Morgan fingerprint density at radius 2 is 2.07 bits per heavy atom. The molecule has 4 unspecified atom stereocenters. The van der Waals surface area contributed by atoms with Gasteiger partial charge in [0.05, 0.1) is 37.2 Å². The van der Waals surface area contributed by atoms with E-state index in [0.29, 0.717) is 23.5 Å². The van der Waals surface area contributed by atoms with Crippen molar-refractivity contribution in [2.45, 2.75) is 31.7 Å². The van der Waals surface area contributed by atoms with Crippen LogP contribution in [0.15, 0.2) is 30.5 Å². The monoisotopic (exact) mass is 418 g/mol. The molecule has 160 valence electrons. The number of carbonyl (C=O) groups excluding carboxylic acids is 1. The van der Waals surface area contributed by atoms with Crippen molar-refractivity contribution in [2.75, 3.05) is 24.8 Å². The quantitative estimate of drug-likeness (QED) is 0.589. The molecule has 2 fully saturated rings. The molecule has 0 aliphatic carbocycles. The van der Waals surface area contributed by atoms with Gasteiger partial charge < -0.3 is 15.4 Å². The van der Waals surface area contributed by atoms with E-state index in [1.54, 1.807) is 32.2 Å². The SMILES string of the molecule is COc1c(F)cccc1NC1CC(Nc2cc(C)c(F)cn2)NC2NN(C)C(=O)C12. The van der Waals surface area contributed by atoms with Gasteiger partial charge in [-0.1, -0.05) is 6.07 Å². The maximum Gasteiger partial charge on any atom is 0.244 e. The van der Waals surface area contributed by atoms with Gasteiger partial charge in [-0.15, -0.1) is 0 Å². The number of anilines is 2. The summed E-state index contributed by atoms with van der Waals surface area (Å²) in [7, 11) is 3.06. The first kappa shape index (κ1) is 20.3. The van der Waals surface area contributed by atoms with Gasteiger partial charge in [-0.25, -0.2) is 19.2 Å². The summed E-state index contributed by atoms with van der Waals surface area (Å²) < 4.78 is 32.9. The van der Waals surface area contributed by atoms with Crippen molar-refractivity contribution in [3.8, 4) is 5.75 Å². The molecule has 30 heavy (non-hydrogen) atoms. The normalized spacial score (nSPS) is 25.8. The molecule has 8 nitrogen and oxygen atoms in total. The highest BCUT2D eigenvalue weighted by Crippen LogP contribution is 2.33. The second-order valence-electron chi connectivity index (χ2n) is 7.52. The minimum absolute atomic E-state index is 0.0745. The molecule has 2 saturated heterocycles. The first-order valence-corrected chi connectivity index (χ1v) is 9.65. The van der Waals surface area contributed by atoms with Crippen molar-refractivity contribution in [1.29, 1.82) is 0 Å². The Morgan fingerprint density at radius 1 is 1.27 bits per heavy atom. The van der Waals surface area contributed by atoms with Gasteiger partial charge in [-0.2, -0.15) is 0 Å². The summed E-state index contributed by atoms with van der Waals surface area (Å²) in [5.74, 6) is -0.732. The second kappa shape index (κ2) is 8.04. The Balaban J connectivity index is 1.59. The fourth-order valence-corrected chi connectivity index (χ4v) is 4.03. The summed E-state index contributed by atoms with van der Waals surface area (Å²) in [6, 6.07) is 5.91. The van der Waals surface area contributed by atoms with E-state index >= 15 is 0 Å². The first-order chi connectivity index (χ1) is 14.4. The molecule has 0 radical (unpaired) electrons. The zero-order chi connectivity index (χ0) is 21.4. The molecule has 3 heterocycles. The number of aryl methyl sites for hydroxylation is 1. The number of fused-ring (bicyclic) bond motifs is 1. The number of nitrogens with zero attached hydrogens (tertiary/aromatic N) is 2. The minimum atomic E-state index is -0.485. The Kier molecular flexibility index (Phi) is 5.44. The molecule has 1 aromatic heterocycles. The molecule has 2 aromatic rings. The van der Waals surface area contributed by atoms with E-state index in [4.69, 9.17) is 4.74 Å². The van der Waals surface area contributed by atoms with Crippen LogP contribution in [0.1, 0.15) is 12.0 Å². The number of benzene rings is 1. The lowest BCUT2D eigenvalue weighted by atomic mass is 9.88. The number of amides is 1. The van der Waals surface area contributed by atoms with E-state index < -0.39 is 11.7 Å². The number of ether oxygens (including phenoxy) is 1. The van der Waals surface area contributed by atoms with Gasteiger partial charge in [0.25, 0.3) is 0 Å². The molecule has 10 heteroatoms. The van der Waals surface area contributed by atoms with Gasteiger partial charge in [0, 0.05) is 19.5 Å². The molecule has 0 bridgehead atoms. The minimum Gasteiger partial charge on any atom is -0.492 e. The van der Waals surface area contributed by atoms with Gasteiger partial charge in [0.2, 0.25) is 5.91 Å². The number of carbonyl (C=O) groups is 1. The van der Waals surface area contributed by atoms with Crippen molar-refractivity contribution in [1.82, 2.24) is 20.7 Å². The summed E-state index contributed by atoms with van der Waals surface area (Å²) in [6.45, 7) is 1.67. The molecule has 4 atom stereocenters. The van der Waals surface area contributed by atoms with Crippen molar-refractivity contribution in [2.24, 2.45) is 5.92 Å². The molecule has 0 saturated carbocycles. The van der Waals surface area contributed by atoms with Crippen LogP contribution in [0.3, 0.4) is 0 Å². The van der Waals surface area contributed by atoms with Crippen molar-refractivity contribution in [3.05, 3.63) is 47.7 Å². The fraction of sp³-hybridized carbons (Fsp3) is 0.400. The number of para-hydroxylation sites is 1. The molecule has 1 aromatic carbocycles. The molecular weight excluding hydrogens is 394 g/mol. The summed E-state index contributed by atoms with van der Waals surface area (Å²) in [4.78, 5) is 16.8. The summed E-state index contributed by atoms with van der Waals surface area (Å²) in [6.07, 6.45) is 1.04. The first-order valence-electron chi connectivity index (χ1n) is 9.65. The third kappa shape index (κ3) is 3.75. The van der Waals surface area contributed by atoms with E-state index in [-0.39, 0.29) is 35.8 Å². The number of aromatic nitrogens is 1. The van der Waals surface area contributed by atoms with Crippen LogP contribution in [0, 0.1) is 24.5 Å². The van der Waals surface area contributed by atoms with E-state index in [2.05, 4.69) is 26.4 Å². The third-order valence-electron chi connectivity index (χ3n) is 5.49. The number of methoxy groups -OCH3 is 1. The van der Waals surface area contributed by atoms with Crippen LogP contribution >= 0.6 is 0 Å². The van der Waals surface area contributed by atoms with Crippen LogP contribution in [0.4, 0.5) is 20.3 Å². The Morgan fingerprint density at radius 3 is 2.80 bits per heavy atom. The summed E-state index contributed by atoms with van der Waals surface area (Å²) in [5, 5.41) is 11.3. The molecule has 2 aliphatic heterocycles. The lowest BCUT2D eigenvalue weighted by Gasteiger charge is -2.39. The highest BCUT2D eigenvalue weighted by Gasteiger charge is 2.48. The van der Waals surface area contributed by atoms with Gasteiger partial charge >= 0.3 is 0 Å². The van der Waals surface area contributed by atoms with E-state index in [1.807, 2.05) is 0 Å². The lowest BCUT2D eigenvalue weighted by molar-refractivity contribution is -0.131.